The molecule has 0 spiro atoms. The van der Waals surface area contributed by atoms with Gasteiger partial charge in [0.25, 0.3) is 0 Å². The van der Waals surface area contributed by atoms with Crippen molar-refractivity contribution in [3.63, 3.8) is 0 Å². The van der Waals surface area contributed by atoms with Gasteiger partial charge in [0.05, 0.1) is 12.2 Å². The third kappa shape index (κ3) is 2.27. The van der Waals surface area contributed by atoms with Gasteiger partial charge in [-0.15, -0.1) is 0 Å². The van der Waals surface area contributed by atoms with Crippen LogP contribution in [0.1, 0.15) is 17.2 Å². The second kappa shape index (κ2) is 5.03. The molecule has 7 heteroatoms. The molecule has 0 bridgehead atoms. The summed E-state index contributed by atoms with van der Waals surface area (Å²) in [7, 11) is 1.78. The highest BCUT2D eigenvalue weighted by Crippen LogP contribution is 2.23. The van der Waals surface area contributed by atoms with E-state index in [1.165, 1.54) is 0 Å². The molecule has 1 unspecified atom stereocenters. The molecule has 0 aliphatic heterocycles. The molecular weight excluding hydrogens is 230 g/mol. The van der Waals surface area contributed by atoms with Crippen LogP contribution < -0.4 is 22.7 Å². The van der Waals surface area contributed by atoms with Gasteiger partial charge in [-0.1, -0.05) is 6.07 Å². The molecule has 0 radical (unpaired) electrons. The average molecular weight is 247 g/mol. The van der Waals surface area contributed by atoms with Gasteiger partial charge in [0.1, 0.15) is 11.6 Å². The van der Waals surface area contributed by atoms with Crippen molar-refractivity contribution in [2.24, 2.45) is 12.9 Å². The van der Waals surface area contributed by atoms with Crippen LogP contribution in [0.2, 0.25) is 0 Å². The number of nitrogens with zero attached hydrogens (tertiary/aromatic N) is 3. The van der Waals surface area contributed by atoms with E-state index in [0.29, 0.717) is 18.1 Å². The molecule has 7 nitrogen and oxygen atoms in total. The molecule has 2 aromatic rings. The van der Waals surface area contributed by atoms with Crippen molar-refractivity contribution in [3.05, 3.63) is 35.7 Å². The first kappa shape index (κ1) is 12.3. The fraction of sp³-hybridized carbons (Fsp3) is 0.273. The van der Waals surface area contributed by atoms with Gasteiger partial charge in [-0.05, 0) is 18.1 Å². The van der Waals surface area contributed by atoms with Gasteiger partial charge >= 0.3 is 0 Å². The predicted molar refractivity (Wildman–Crippen MR) is 70.0 cm³/mol. The van der Waals surface area contributed by atoms with E-state index in [4.69, 9.17) is 17.3 Å². The van der Waals surface area contributed by atoms with Gasteiger partial charge in [0.2, 0.25) is 0 Å². The minimum atomic E-state index is -0.148. The lowest BCUT2D eigenvalue weighted by molar-refractivity contribution is 0.553. The lowest BCUT2D eigenvalue weighted by Crippen LogP contribution is -2.30. The molecule has 1 atom stereocenters. The highest BCUT2D eigenvalue weighted by Gasteiger charge is 2.17. The molecule has 2 rings (SSSR count). The van der Waals surface area contributed by atoms with Crippen molar-refractivity contribution in [3.8, 4) is 0 Å². The summed E-state index contributed by atoms with van der Waals surface area (Å²) in [5.74, 6) is 6.66. The van der Waals surface area contributed by atoms with E-state index in [1.807, 2.05) is 12.1 Å². The van der Waals surface area contributed by atoms with Gasteiger partial charge in [0.15, 0.2) is 0 Å². The number of hydrazine groups is 1. The molecule has 18 heavy (non-hydrogen) atoms. The predicted octanol–water partition coefficient (Wildman–Crippen LogP) is -0.273. The second-order valence-electron chi connectivity index (χ2n) is 4.08. The van der Waals surface area contributed by atoms with Gasteiger partial charge in [-0.2, -0.15) is 5.10 Å². The number of aryl methyl sites for hydroxylation is 1. The summed E-state index contributed by atoms with van der Waals surface area (Å²) in [6, 6.07) is 3.61. The molecule has 2 aromatic heterocycles. The topological polar surface area (TPSA) is 121 Å². The molecule has 0 amide bonds. The molecule has 96 valence electrons. The Labute approximate surface area is 105 Å². The lowest BCUT2D eigenvalue weighted by atomic mass is 10.0. The Bertz CT molecular complexity index is 534. The number of anilines is 2. The summed E-state index contributed by atoms with van der Waals surface area (Å²) in [5, 5.41) is 4.10. The zero-order valence-corrected chi connectivity index (χ0v) is 10.2. The van der Waals surface area contributed by atoms with Crippen LogP contribution in [0, 0.1) is 0 Å². The van der Waals surface area contributed by atoms with Crippen molar-refractivity contribution in [1.29, 1.82) is 0 Å². The van der Waals surface area contributed by atoms with Crippen LogP contribution in [-0.2, 0) is 13.5 Å². The third-order valence-corrected chi connectivity index (χ3v) is 2.94. The SMILES string of the molecule is Cn1ncc(C(Cc2cccnc2N)NN)c1N. The number of pyridine rings is 1. The fourth-order valence-corrected chi connectivity index (χ4v) is 1.83. The van der Waals surface area contributed by atoms with Gasteiger partial charge in [-0.3, -0.25) is 16.0 Å². The van der Waals surface area contributed by atoms with Gasteiger partial charge in [0, 0.05) is 18.8 Å². The summed E-state index contributed by atoms with van der Waals surface area (Å²) in [4.78, 5) is 4.04. The van der Waals surface area contributed by atoms with E-state index in [2.05, 4.69) is 15.5 Å². The summed E-state index contributed by atoms with van der Waals surface area (Å²) in [5.41, 5.74) is 16.2. The highest BCUT2D eigenvalue weighted by molar-refractivity contribution is 5.44. The second-order valence-corrected chi connectivity index (χ2v) is 4.08. The van der Waals surface area contributed by atoms with Gasteiger partial charge < -0.3 is 11.5 Å². The van der Waals surface area contributed by atoms with Crippen LogP contribution >= 0.6 is 0 Å². The highest BCUT2D eigenvalue weighted by atomic mass is 15.3. The summed E-state index contributed by atoms with van der Waals surface area (Å²) in [6.07, 6.45) is 3.96. The normalized spacial score (nSPS) is 12.6. The minimum absolute atomic E-state index is 0.148. The Balaban J connectivity index is 2.25. The molecule has 0 saturated heterocycles. The Kier molecular flexibility index (Phi) is 3.45. The molecular formula is C11H17N7. The summed E-state index contributed by atoms with van der Waals surface area (Å²) < 4.78 is 1.60. The Morgan fingerprint density at radius 1 is 1.44 bits per heavy atom. The molecule has 0 aromatic carbocycles. The van der Waals surface area contributed by atoms with E-state index < -0.39 is 0 Å². The first-order valence-electron chi connectivity index (χ1n) is 5.56. The number of nitrogens with one attached hydrogen (secondary N) is 1. The van der Waals surface area contributed by atoms with E-state index >= 15 is 0 Å². The molecule has 2 heterocycles. The van der Waals surface area contributed by atoms with Crippen LogP contribution in [0.15, 0.2) is 24.5 Å². The minimum Gasteiger partial charge on any atom is -0.384 e. The van der Waals surface area contributed by atoms with Crippen molar-refractivity contribution in [2.45, 2.75) is 12.5 Å². The monoisotopic (exact) mass is 247 g/mol. The fourth-order valence-electron chi connectivity index (χ4n) is 1.83. The maximum Gasteiger partial charge on any atom is 0.126 e. The van der Waals surface area contributed by atoms with Crippen molar-refractivity contribution < 1.29 is 0 Å². The Hall–Kier alpha value is -2.12. The molecule has 7 N–H and O–H groups in total. The number of nitrogens with two attached hydrogens (primary N) is 3. The zero-order valence-electron chi connectivity index (χ0n) is 10.2. The maximum atomic E-state index is 5.93. The Morgan fingerprint density at radius 3 is 2.78 bits per heavy atom. The largest absolute Gasteiger partial charge is 0.384 e. The summed E-state index contributed by atoms with van der Waals surface area (Å²) >= 11 is 0. The van der Waals surface area contributed by atoms with Crippen molar-refractivity contribution in [1.82, 2.24) is 20.2 Å². The number of hydrogen-bond donors (Lipinski definition) is 4. The average Bonchev–Trinajstić information content (AvgIpc) is 2.70. The zero-order chi connectivity index (χ0) is 13.1. The van der Waals surface area contributed by atoms with Crippen LogP contribution in [0.25, 0.3) is 0 Å². The van der Waals surface area contributed by atoms with Crippen molar-refractivity contribution in [2.75, 3.05) is 11.5 Å². The number of nitrogen functional groups attached to an aromatic ring is 2. The first-order chi connectivity index (χ1) is 8.63. The quantitative estimate of drug-likeness (QED) is 0.436. The molecule has 0 saturated carbocycles. The number of hydrogen-bond acceptors (Lipinski definition) is 6. The van der Waals surface area contributed by atoms with Gasteiger partial charge in [-0.25, -0.2) is 4.98 Å². The van der Waals surface area contributed by atoms with Crippen molar-refractivity contribution >= 4 is 11.6 Å². The van der Waals surface area contributed by atoms with Crippen LogP contribution in [-0.4, -0.2) is 14.8 Å². The molecule has 0 aliphatic rings. The lowest BCUT2D eigenvalue weighted by Gasteiger charge is -2.16. The summed E-state index contributed by atoms with van der Waals surface area (Å²) in [6.45, 7) is 0. The number of rotatable bonds is 4. The first-order valence-corrected chi connectivity index (χ1v) is 5.56. The molecule has 0 fully saturated rings. The maximum absolute atomic E-state index is 5.93. The van der Waals surface area contributed by atoms with E-state index in [1.54, 1.807) is 24.1 Å². The van der Waals surface area contributed by atoms with Crippen LogP contribution in [0.5, 0.6) is 0 Å². The third-order valence-electron chi connectivity index (χ3n) is 2.94. The van der Waals surface area contributed by atoms with E-state index in [-0.39, 0.29) is 6.04 Å². The van der Waals surface area contributed by atoms with Crippen LogP contribution in [0.4, 0.5) is 11.6 Å². The van der Waals surface area contributed by atoms with Crippen LogP contribution in [0.3, 0.4) is 0 Å². The van der Waals surface area contributed by atoms with E-state index in [9.17, 15) is 0 Å². The molecule has 0 aliphatic carbocycles. The standard InChI is InChI=1S/C11H17N7/c1-18-11(13)8(6-16-18)9(17-14)5-7-3-2-4-15-10(7)12/h2-4,6,9,17H,5,13-14H2,1H3,(H2,12,15). The Morgan fingerprint density at radius 2 is 2.22 bits per heavy atom. The smallest absolute Gasteiger partial charge is 0.126 e. The number of aromatic nitrogens is 3. The van der Waals surface area contributed by atoms with E-state index in [0.717, 1.165) is 11.1 Å².